The fourth-order valence-electron chi connectivity index (χ4n) is 1.20. The SMILES string of the molecule is [B]C(C)C([B])([B])CCCN(P)SC(C)(C)CC. The van der Waals surface area contributed by atoms with Crippen molar-refractivity contribution in [3.8, 4) is 0 Å². The lowest BCUT2D eigenvalue weighted by molar-refractivity contribution is 0.564. The zero-order valence-corrected chi connectivity index (χ0v) is 13.5. The first-order valence-electron chi connectivity index (χ1n) is 6.15. The van der Waals surface area contributed by atoms with E-state index in [0.717, 1.165) is 25.8 Å². The molecule has 6 heteroatoms. The molecule has 0 aliphatic rings. The Morgan fingerprint density at radius 1 is 1.35 bits per heavy atom. The highest BCUT2D eigenvalue weighted by atomic mass is 32.2. The largest absolute Gasteiger partial charge is 0.234 e. The van der Waals surface area contributed by atoms with Crippen molar-refractivity contribution in [1.29, 1.82) is 0 Å². The van der Waals surface area contributed by atoms with Crippen molar-refractivity contribution >= 4 is 44.9 Å². The molecule has 0 rings (SSSR count). The second-order valence-corrected chi connectivity index (χ2v) is 8.10. The van der Waals surface area contributed by atoms with Gasteiger partial charge in [-0.1, -0.05) is 47.4 Å². The Morgan fingerprint density at radius 3 is 2.29 bits per heavy atom. The maximum absolute atomic E-state index is 5.92. The van der Waals surface area contributed by atoms with Gasteiger partial charge in [-0.25, -0.2) is 4.08 Å². The summed E-state index contributed by atoms with van der Waals surface area (Å²) in [6, 6.07) is 0. The van der Waals surface area contributed by atoms with E-state index in [2.05, 4.69) is 34.2 Å². The molecule has 0 spiro atoms. The van der Waals surface area contributed by atoms with Crippen LogP contribution in [0.2, 0.25) is 11.0 Å². The van der Waals surface area contributed by atoms with E-state index in [-0.39, 0.29) is 10.6 Å². The fraction of sp³-hybridized carbons (Fsp3) is 1.00. The summed E-state index contributed by atoms with van der Waals surface area (Å²) >= 11 is 1.84. The quantitative estimate of drug-likeness (QED) is 0.376. The van der Waals surface area contributed by atoms with Gasteiger partial charge in [0.25, 0.3) is 0 Å². The fourth-order valence-corrected chi connectivity index (χ4v) is 3.22. The summed E-state index contributed by atoms with van der Waals surface area (Å²) in [5.41, 5.74) is 0. The van der Waals surface area contributed by atoms with Crippen LogP contribution in [0.25, 0.3) is 0 Å². The third-order valence-electron chi connectivity index (χ3n) is 3.05. The third-order valence-corrected chi connectivity index (χ3v) is 4.83. The maximum atomic E-state index is 5.92. The van der Waals surface area contributed by atoms with Crippen LogP contribution in [0, 0.1) is 0 Å². The van der Waals surface area contributed by atoms with E-state index in [9.17, 15) is 0 Å². The Balaban J connectivity index is 3.90. The highest BCUT2D eigenvalue weighted by Crippen LogP contribution is 2.37. The van der Waals surface area contributed by atoms with Crippen molar-refractivity contribution in [3.63, 3.8) is 0 Å². The number of nitrogens with zero attached hydrogens (tertiary/aromatic N) is 1. The van der Waals surface area contributed by atoms with Crippen molar-refractivity contribution in [2.45, 2.75) is 62.7 Å². The normalized spacial score (nSPS) is 15.2. The molecule has 2 atom stereocenters. The summed E-state index contributed by atoms with van der Waals surface area (Å²) in [6.07, 6.45) is 2.83. The van der Waals surface area contributed by atoms with Crippen LogP contribution in [0.15, 0.2) is 0 Å². The zero-order chi connectivity index (χ0) is 13.7. The van der Waals surface area contributed by atoms with Gasteiger partial charge in [0.1, 0.15) is 0 Å². The minimum atomic E-state index is -0.754. The molecule has 0 aromatic carbocycles. The van der Waals surface area contributed by atoms with Crippen molar-refractivity contribution < 1.29 is 0 Å². The predicted octanol–water partition coefficient (Wildman–Crippen LogP) is 3.13. The van der Waals surface area contributed by atoms with Gasteiger partial charge in [0, 0.05) is 11.3 Å². The van der Waals surface area contributed by atoms with Gasteiger partial charge in [0.2, 0.25) is 0 Å². The number of hydrogen-bond acceptors (Lipinski definition) is 2. The van der Waals surface area contributed by atoms with Gasteiger partial charge in [-0.2, -0.15) is 0 Å². The molecule has 0 saturated heterocycles. The first-order valence-corrected chi connectivity index (χ1v) is 7.44. The van der Waals surface area contributed by atoms with E-state index < -0.39 is 5.21 Å². The molecule has 0 aliphatic carbocycles. The molecule has 0 N–H and O–H groups in total. The first-order chi connectivity index (χ1) is 7.60. The lowest BCUT2D eigenvalue weighted by Crippen LogP contribution is -2.22. The van der Waals surface area contributed by atoms with E-state index in [4.69, 9.17) is 23.5 Å². The summed E-state index contributed by atoms with van der Waals surface area (Å²) in [7, 11) is 20.3. The Labute approximate surface area is 118 Å². The molecule has 0 bridgehead atoms. The molecule has 92 valence electrons. The molecule has 0 amide bonds. The molecule has 0 aliphatic heterocycles. The van der Waals surface area contributed by atoms with E-state index in [1.807, 2.05) is 18.9 Å². The molecule has 0 aromatic heterocycles. The molecule has 0 aromatic rings. The van der Waals surface area contributed by atoms with E-state index in [0.29, 0.717) is 0 Å². The molecule has 6 radical (unpaired) electrons. The van der Waals surface area contributed by atoms with Crippen LogP contribution in [-0.2, 0) is 0 Å². The third kappa shape index (κ3) is 7.85. The van der Waals surface area contributed by atoms with Gasteiger partial charge in [0.05, 0.1) is 23.5 Å². The molecular weight excluding hydrogens is 242 g/mol. The second-order valence-electron chi connectivity index (χ2n) is 5.35. The number of rotatable bonds is 8. The molecule has 0 fully saturated rings. The van der Waals surface area contributed by atoms with Gasteiger partial charge in [-0.3, -0.25) is 0 Å². The molecule has 0 heterocycles. The van der Waals surface area contributed by atoms with Gasteiger partial charge in [0.15, 0.2) is 0 Å². The summed E-state index contributed by atoms with van der Waals surface area (Å²) in [4.78, 5) is 0. The monoisotopic (exact) mass is 265 g/mol. The van der Waals surface area contributed by atoms with Crippen LogP contribution in [0.1, 0.15) is 47.0 Å². The molecule has 2 unspecified atom stereocenters. The summed E-state index contributed by atoms with van der Waals surface area (Å²) in [6.45, 7) is 9.49. The average molecular weight is 265 g/mol. The lowest BCUT2D eigenvalue weighted by Gasteiger charge is -2.32. The maximum Gasteiger partial charge on any atom is 0.0683 e. The topological polar surface area (TPSA) is 3.24 Å². The second kappa shape index (κ2) is 7.51. The van der Waals surface area contributed by atoms with Crippen molar-refractivity contribution in [2.75, 3.05) is 6.54 Å². The summed E-state index contributed by atoms with van der Waals surface area (Å²) < 4.78 is 2.45. The van der Waals surface area contributed by atoms with Crippen LogP contribution >= 0.6 is 21.3 Å². The molecule has 1 nitrogen and oxygen atoms in total. The van der Waals surface area contributed by atoms with Crippen LogP contribution < -0.4 is 0 Å². The number of hydrogen-bond donors (Lipinski definition) is 0. The Hall–Kier alpha value is 0.935. The highest BCUT2D eigenvalue weighted by molar-refractivity contribution is 8.00. The van der Waals surface area contributed by atoms with E-state index in [1.54, 1.807) is 0 Å². The smallest absolute Gasteiger partial charge is 0.0683 e. The van der Waals surface area contributed by atoms with Gasteiger partial charge in [-0.15, -0.1) is 5.21 Å². The van der Waals surface area contributed by atoms with Crippen molar-refractivity contribution in [2.24, 2.45) is 0 Å². The molecule has 17 heavy (non-hydrogen) atoms. The predicted molar refractivity (Wildman–Crippen MR) is 87.0 cm³/mol. The van der Waals surface area contributed by atoms with Crippen LogP contribution in [0.5, 0.6) is 0 Å². The molecule has 0 saturated carbocycles. The first kappa shape index (κ1) is 17.9. The van der Waals surface area contributed by atoms with Crippen LogP contribution in [-0.4, -0.2) is 38.9 Å². The highest BCUT2D eigenvalue weighted by Gasteiger charge is 2.22. The Bertz CT molecular complexity index is 225. The van der Waals surface area contributed by atoms with Gasteiger partial charge >= 0.3 is 0 Å². The average Bonchev–Trinajstić information content (AvgIpc) is 2.16. The van der Waals surface area contributed by atoms with Crippen LogP contribution in [0.3, 0.4) is 0 Å². The summed E-state index contributed by atoms with van der Waals surface area (Å²) in [5, 5.41) is -0.754. The van der Waals surface area contributed by atoms with Crippen molar-refractivity contribution in [3.05, 3.63) is 0 Å². The van der Waals surface area contributed by atoms with Crippen molar-refractivity contribution in [1.82, 2.24) is 4.08 Å². The standard InChI is InChI=1S/C11H23B3NPS/c1-5-10(3,4)17-15(16)8-6-7-11(13,14)9(2)12/h9H,5-8,16H2,1-4H3. The minimum absolute atomic E-state index is 0.180. The molecular formula is C11H23B3NPS. The van der Waals surface area contributed by atoms with Crippen LogP contribution in [0.4, 0.5) is 0 Å². The Morgan fingerprint density at radius 2 is 1.88 bits per heavy atom. The minimum Gasteiger partial charge on any atom is -0.234 e. The van der Waals surface area contributed by atoms with Gasteiger partial charge in [-0.05, 0) is 26.7 Å². The van der Waals surface area contributed by atoms with E-state index in [1.165, 1.54) is 0 Å². The summed E-state index contributed by atoms with van der Waals surface area (Å²) in [5.74, 6) is -0.180. The zero-order valence-electron chi connectivity index (χ0n) is 11.6. The Kier molecular flexibility index (Phi) is 7.92. The lowest BCUT2D eigenvalue weighted by atomic mass is 9.43. The van der Waals surface area contributed by atoms with E-state index >= 15 is 0 Å². The van der Waals surface area contributed by atoms with Gasteiger partial charge < -0.3 is 0 Å².